The van der Waals surface area contributed by atoms with Crippen LogP contribution in [0.25, 0.3) is 0 Å². The Hall–Kier alpha value is -1.29. The van der Waals surface area contributed by atoms with Gasteiger partial charge in [-0.1, -0.05) is 0 Å². The van der Waals surface area contributed by atoms with E-state index >= 15 is 0 Å². The summed E-state index contributed by atoms with van der Waals surface area (Å²) < 4.78 is 5.29. The summed E-state index contributed by atoms with van der Waals surface area (Å²) >= 11 is 0. The van der Waals surface area contributed by atoms with Crippen molar-refractivity contribution in [1.29, 1.82) is 0 Å². The molecule has 1 saturated heterocycles. The number of aryl methyl sites for hydroxylation is 1. The van der Waals surface area contributed by atoms with Crippen LogP contribution in [0.15, 0.2) is 22.8 Å². The first kappa shape index (κ1) is 12.2. The maximum Gasteiger partial charge on any atom is 0.223 e. The second-order valence-corrected chi connectivity index (χ2v) is 4.82. The van der Waals surface area contributed by atoms with Gasteiger partial charge in [0.1, 0.15) is 5.76 Å². The van der Waals surface area contributed by atoms with Gasteiger partial charge in [0.15, 0.2) is 0 Å². The van der Waals surface area contributed by atoms with E-state index in [4.69, 9.17) is 10.2 Å². The van der Waals surface area contributed by atoms with Crippen LogP contribution < -0.4 is 5.73 Å². The Kier molecular flexibility index (Phi) is 3.84. The average Bonchev–Trinajstić information content (AvgIpc) is 2.94. The molecule has 4 heteroatoms. The summed E-state index contributed by atoms with van der Waals surface area (Å²) in [7, 11) is 0. The highest BCUT2D eigenvalue weighted by molar-refractivity contribution is 5.79. The number of hydrogen-bond donors (Lipinski definition) is 1. The Balaban J connectivity index is 1.83. The lowest BCUT2D eigenvalue weighted by Crippen LogP contribution is -2.35. The van der Waals surface area contributed by atoms with Crippen molar-refractivity contribution in [3.8, 4) is 0 Å². The molecule has 0 aromatic carbocycles. The summed E-state index contributed by atoms with van der Waals surface area (Å²) in [5.41, 5.74) is 5.62. The molecule has 94 valence electrons. The monoisotopic (exact) mass is 236 g/mol. The first-order chi connectivity index (χ1) is 8.20. The molecule has 0 spiro atoms. The molecule has 1 aromatic heterocycles. The zero-order valence-electron chi connectivity index (χ0n) is 10.3. The summed E-state index contributed by atoms with van der Waals surface area (Å²) in [5.74, 6) is 1.57. The van der Waals surface area contributed by atoms with E-state index in [-0.39, 0.29) is 11.9 Å². The normalized spacial score (nSPS) is 22.1. The van der Waals surface area contributed by atoms with E-state index in [1.807, 2.05) is 17.0 Å². The van der Waals surface area contributed by atoms with Crippen LogP contribution in [0.5, 0.6) is 0 Å². The van der Waals surface area contributed by atoms with E-state index in [0.717, 1.165) is 25.1 Å². The molecule has 0 radical (unpaired) electrons. The van der Waals surface area contributed by atoms with Gasteiger partial charge >= 0.3 is 0 Å². The van der Waals surface area contributed by atoms with Crippen LogP contribution in [0.4, 0.5) is 0 Å². The molecule has 0 aliphatic carbocycles. The maximum atomic E-state index is 11.8. The Bertz CT molecular complexity index is 362. The predicted octanol–water partition coefficient (Wildman–Crippen LogP) is 1.41. The van der Waals surface area contributed by atoms with Gasteiger partial charge in [0.05, 0.1) is 6.26 Å². The minimum Gasteiger partial charge on any atom is -0.469 e. The molecule has 2 heterocycles. The van der Waals surface area contributed by atoms with Crippen molar-refractivity contribution in [3.63, 3.8) is 0 Å². The first-order valence-corrected chi connectivity index (χ1v) is 6.22. The van der Waals surface area contributed by atoms with Crippen LogP contribution in [0, 0.1) is 5.92 Å². The molecule has 1 amide bonds. The van der Waals surface area contributed by atoms with Crippen molar-refractivity contribution < 1.29 is 9.21 Å². The fraction of sp³-hybridized carbons (Fsp3) is 0.615. The number of likely N-dealkylation sites (tertiary alicyclic amines) is 1. The van der Waals surface area contributed by atoms with E-state index in [1.165, 1.54) is 0 Å². The van der Waals surface area contributed by atoms with Crippen LogP contribution in [0.3, 0.4) is 0 Å². The Morgan fingerprint density at radius 2 is 2.47 bits per heavy atom. The van der Waals surface area contributed by atoms with Crippen molar-refractivity contribution in [2.75, 3.05) is 13.1 Å². The van der Waals surface area contributed by atoms with E-state index < -0.39 is 0 Å². The van der Waals surface area contributed by atoms with Crippen molar-refractivity contribution in [2.45, 2.75) is 32.2 Å². The fourth-order valence-corrected chi connectivity index (χ4v) is 2.35. The second kappa shape index (κ2) is 5.36. The van der Waals surface area contributed by atoms with Gasteiger partial charge in [-0.25, -0.2) is 0 Å². The zero-order chi connectivity index (χ0) is 12.3. The first-order valence-electron chi connectivity index (χ1n) is 6.22. The van der Waals surface area contributed by atoms with Gasteiger partial charge in [0.2, 0.25) is 5.91 Å². The average molecular weight is 236 g/mol. The van der Waals surface area contributed by atoms with E-state index in [1.54, 1.807) is 6.26 Å². The molecule has 0 saturated carbocycles. The molecule has 2 unspecified atom stereocenters. The third-order valence-corrected chi connectivity index (χ3v) is 3.49. The number of hydrogen-bond acceptors (Lipinski definition) is 3. The number of carbonyl (C=O) groups is 1. The highest BCUT2D eigenvalue weighted by Crippen LogP contribution is 2.21. The molecule has 2 N–H and O–H groups in total. The van der Waals surface area contributed by atoms with Gasteiger partial charge in [-0.05, 0) is 37.9 Å². The van der Waals surface area contributed by atoms with E-state index in [9.17, 15) is 4.79 Å². The lowest BCUT2D eigenvalue weighted by atomic mass is 10.1. The summed E-state index contributed by atoms with van der Waals surface area (Å²) in [5, 5.41) is 0. The van der Waals surface area contributed by atoms with Gasteiger partial charge in [-0.3, -0.25) is 4.79 Å². The third-order valence-electron chi connectivity index (χ3n) is 3.49. The summed E-state index contributed by atoms with van der Waals surface area (Å²) in [6.45, 7) is 3.52. The predicted molar refractivity (Wildman–Crippen MR) is 65.4 cm³/mol. The lowest BCUT2D eigenvalue weighted by Gasteiger charge is -2.24. The maximum absolute atomic E-state index is 11.8. The van der Waals surface area contributed by atoms with Crippen molar-refractivity contribution in [1.82, 2.24) is 4.90 Å². The topological polar surface area (TPSA) is 59.5 Å². The van der Waals surface area contributed by atoms with Crippen molar-refractivity contribution >= 4 is 5.91 Å². The molecule has 17 heavy (non-hydrogen) atoms. The highest BCUT2D eigenvalue weighted by Gasteiger charge is 2.31. The van der Waals surface area contributed by atoms with Crippen LogP contribution in [-0.2, 0) is 11.2 Å². The third kappa shape index (κ3) is 2.88. The lowest BCUT2D eigenvalue weighted by molar-refractivity contribution is -0.129. The van der Waals surface area contributed by atoms with E-state index in [0.29, 0.717) is 18.9 Å². The molecule has 1 aliphatic rings. The SMILES string of the molecule is CC(CCc1ccco1)N1CC(CN)CC1=O. The molecule has 2 rings (SSSR count). The van der Waals surface area contributed by atoms with Gasteiger partial charge in [-0.15, -0.1) is 0 Å². The molecular formula is C13H20N2O2. The van der Waals surface area contributed by atoms with E-state index in [2.05, 4.69) is 6.92 Å². The minimum atomic E-state index is 0.243. The molecule has 4 nitrogen and oxygen atoms in total. The van der Waals surface area contributed by atoms with Crippen LogP contribution in [-0.4, -0.2) is 29.9 Å². The summed E-state index contributed by atoms with van der Waals surface area (Å²) in [4.78, 5) is 13.8. The number of rotatable bonds is 5. The Morgan fingerprint density at radius 3 is 3.06 bits per heavy atom. The van der Waals surface area contributed by atoms with Gasteiger partial charge in [0.25, 0.3) is 0 Å². The van der Waals surface area contributed by atoms with Crippen LogP contribution in [0.2, 0.25) is 0 Å². The smallest absolute Gasteiger partial charge is 0.223 e. The molecule has 2 atom stereocenters. The van der Waals surface area contributed by atoms with Crippen molar-refractivity contribution in [3.05, 3.63) is 24.2 Å². The Morgan fingerprint density at radius 1 is 1.65 bits per heavy atom. The number of amides is 1. The van der Waals surface area contributed by atoms with Crippen molar-refractivity contribution in [2.24, 2.45) is 11.7 Å². The molecule has 1 aliphatic heterocycles. The van der Waals surface area contributed by atoms with Gasteiger partial charge in [-0.2, -0.15) is 0 Å². The van der Waals surface area contributed by atoms with Crippen LogP contribution >= 0.6 is 0 Å². The highest BCUT2D eigenvalue weighted by atomic mass is 16.3. The number of nitrogens with two attached hydrogens (primary N) is 1. The number of furan rings is 1. The molecule has 1 aromatic rings. The number of nitrogens with zero attached hydrogens (tertiary/aromatic N) is 1. The Labute approximate surface area is 102 Å². The minimum absolute atomic E-state index is 0.243. The fourth-order valence-electron chi connectivity index (χ4n) is 2.35. The van der Waals surface area contributed by atoms with Crippen LogP contribution in [0.1, 0.15) is 25.5 Å². The molecular weight excluding hydrogens is 216 g/mol. The molecule has 1 fully saturated rings. The quantitative estimate of drug-likeness (QED) is 0.840. The van der Waals surface area contributed by atoms with Gasteiger partial charge in [0, 0.05) is 25.4 Å². The summed E-state index contributed by atoms with van der Waals surface area (Å²) in [6.07, 6.45) is 4.12. The molecule has 0 bridgehead atoms. The van der Waals surface area contributed by atoms with Gasteiger partial charge < -0.3 is 15.1 Å². The number of carbonyl (C=O) groups excluding carboxylic acids is 1. The zero-order valence-corrected chi connectivity index (χ0v) is 10.3. The second-order valence-electron chi connectivity index (χ2n) is 4.82. The standard InChI is InChI=1S/C13H20N2O2/c1-10(4-5-12-3-2-6-17-12)15-9-11(8-14)7-13(15)16/h2-3,6,10-11H,4-5,7-9,14H2,1H3. The largest absolute Gasteiger partial charge is 0.469 e. The summed E-state index contributed by atoms with van der Waals surface area (Å²) in [6, 6.07) is 4.14.